The number of methoxy groups -OCH3 is 1. The van der Waals surface area contributed by atoms with E-state index in [0.29, 0.717) is 5.76 Å². The predicted molar refractivity (Wildman–Crippen MR) is 71.4 cm³/mol. The molecule has 2 heteroatoms. The van der Waals surface area contributed by atoms with Crippen LogP contribution in [0.15, 0.2) is 55.3 Å². The Morgan fingerprint density at radius 1 is 1.35 bits per heavy atom. The molecule has 0 amide bonds. The van der Waals surface area contributed by atoms with Crippen LogP contribution in [0.4, 0.5) is 0 Å². The lowest BCUT2D eigenvalue weighted by molar-refractivity contribution is 0.229. The highest BCUT2D eigenvalue weighted by Gasteiger charge is 2.03. The Labute approximate surface area is 103 Å². The van der Waals surface area contributed by atoms with E-state index in [2.05, 4.69) is 13.2 Å². The number of aliphatic hydroxyl groups excluding tert-OH is 1. The van der Waals surface area contributed by atoms with Crippen LogP contribution in [0.3, 0.4) is 0 Å². The molecule has 0 bridgehead atoms. The Balaban J connectivity index is 2.91. The lowest BCUT2D eigenvalue weighted by atomic mass is 10.0. The van der Waals surface area contributed by atoms with Gasteiger partial charge >= 0.3 is 0 Å². The summed E-state index contributed by atoms with van der Waals surface area (Å²) in [5, 5.41) is 9.58. The molecule has 0 heterocycles. The predicted octanol–water partition coefficient (Wildman–Crippen LogP) is 3.47. The van der Waals surface area contributed by atoms with Crippen LogP contribution in [0.1, 0.15) is 24.2 Å². The molecule has 1 aromatic carbocycles. The topological polar surface area (TPSA) is 29.5 Å². The zero-order chi connectivity index (χ0) is 12.8. The van der Waals surface area contributed by atoms with E-state index >= 15 is 0 Å². The van der Waals surface area contributed by atoms with Gasteiger partial charge in [-0.15, -0.1) is 6.58 Å². The zero-order valence-corrected chi connectivity index (χ0v) is 10.3. The quantitative estimate of drug-likeness (QED) is 0.477. The van der Waals surface area contributed by atoms with E-state index in [1.54, 1.807) is 7.11 Å². The Bertz CT molecular complexity index is 427. The van der Waals surface area contributed by atoms with E-state index in [1.807, 2.05) is 37.3 Å². The smallest absolute Gasteiger partial charge is 0.111 e. The number of allylic oxidation sites excluding steroid dienone is 2. The largest absolute Gasteiger partial charge is 0.497 e. The minimum atomic E-state index is -0.609. The zero-order valence-electron chi connectivity index (χ0n) is 10.3. The first-order valence-electron chi connectivity index (χ1n) is 5.40. The number of aliphatic hydroxyl groups is 1. The molecule has 0 saturated heterocycles. The molecular formula is C15H18O2. The summed E-state index contributed by atoms with van der Waals surface area (Å²) in [7, 11) is 1.59. The van der Waals surface area contributed by atoms with Crippen molar-refractivity contribution in [1.82, 2.24) is 0 Å². The van der Waals surface area contributed by atoms with Gasteiger partial charge in [-0.1, -0.05) is 36.9 Å². The number of ether oxygens (including phenoxy) is 1. The molecule has 0 saturated carbocycles. The normalized spacial score (nSPS) is 13.0. The molecule has 1 aromatic rings. The second kappa shape index (κ2) is 6.06. The van der Waals surface area contributed by atoms with E-state index in [1.165, 1.54) is 6.08 Å². The number of hydrogen-bond acceptors (Lipinski definition) is 2. The second-order valence-corrected chi connectivity index (χ2v) is 3.80. The Morgan fingerprint density at radius 3 is 2.41 bits per heavy atom. The van der Waals surface area contributed by atoms with Gasteiger partial charge in [-0.2, -0.15) is 0 Å². The Kier molecular flexibility index (Phi) is 4.73. The first-order chi connectivity index (χ1) is 8.08. The first kappa shape index (κ1) is 13.3. The third kappa shape index (κ3) is 3.61. The van der Waals surface area contributed by atoms with Gasteiger partial charge in [-0.3, -0.25) is 0 Å². The van der Waals surface area contributed by atoms with E-state index < -0.39 is 6.10 Å². The number of rotatable bonds is 5. The summed E-state index contributed by atoms with van der Waals surface area (Å²) in [4.78, 5) is 0. The molecule has 0 spiro atoms. The summed E-state index contributed by atoms with van der Waals surface area (Å²) in [5.41, 5.74) is 2.97. The Morgan fingerprint density at radius 2 is 1.94 bits per heavy atom. The third-order valence-electron chi connectivity index (χ3n) is 2.57. The molecule has 1 atom stereocenters. The molecule has 17 heavy (non-hydrogen) atoms. The highest BCUT2D eigenvalue weighted by molar-refractivity contribution is 5.65. The molecular weight excluding hydrogens is 212 g/mol. The molecule has 0 radical (unpaired) electrons. The lowest BCUT2D eigenvalue weighted by Gasteiger charge is -2.08. The van der Waals surface area contributed by atoms with Crippen LogP contribution in [0.2, 0.25) is 0 Å². The monoisotopic (exact) mass is 230 g/mol. The summed E-state index contributed by atoms with van der Waals surface area (Å²) >= 11 is 0. The minimum absolute atomic E-state index is 0.609. The molecule has 2 nitrogen and oxygen atoms in total. The van der Waals surface area contributed by atoms with Gasteiger partial charge in [0, 0.05) is 0 Å². The van der Waals surface area contributed by atoms with Crippen LogP contribution in [0, 0.1) is 0 Å². The average Bonchev–Trinajstić information content (AvgIpc) is 2.37. The third-order valence-corrected chi connectivity index (χ3v) is 2.57. The van der Waals surface area contributed by atoms with Gasteiger partial charge in [0.05, 0.1) is 13.2 Å². The molecule has 1 N–H and O–H groups in total. The Hall–Kier alpha value is -1.80. The molecule has 1 rings (SSSR count). The van der Waals surface area contributed by atoms with Crippen LogP contribution in [-0.4, -0.2) is 12.2 Å². The van der Waals surface area contributed by atoms with Gasteiger partial charge in [0.15, 0.2) is 0 Å². The van der Waals surface area contributed by atoms with Gasteiger partial charge in [0.25, 0.3) is 0 Å². The van der Waals surface area contributed by atoms with Gasteiger partial charge in [0.1, 0.15) is 5.76 Å². The SMILES string of the molecule is C=CC(O)c1ccc(C(C)=CC(=C)OC)cc1. The van der Waals surface area contributed by atoms with Crippen molar-refractivity contribution in [2.75, 3.05) is 7.11 Å². The maximum Gasteiger partial charge on any atom is 0.111 e. The van der Waals surface area contributed by atoms with Crippen molar-refractivity contribution in [3.8, 4) is 0 Å². The fraction of sp³-hybridized carbons (Fsp3) is 0.200. The molecule has 0 aliphatic carbocycles. The van der Waals surface area contributed by atoms with Crippen LogP contribution >= 0.6 is 0 Å². The van der Waals surface area contributed by atoms with Crippen molar-refractivity contribution in [3.05, 3.63) is 66.5 Å². The maximum atomic E-state index is 9.58. The highest BCUT2D eigenvalue weighted by atomic mass is 16.5. The molecule has 0 fully saturated rings. The van der Waals surface area contributed by atoms with Crippen molar-refractivity contribution < 1.29 is 9.84 Å². The average molecular weight is 230 g/mol. The minimum Gasteiger partial charge on any atom is -0.497 e. The lowest BCUT2D eigenvalue weighted by Crippen LogP contribution is -1.92. The van der Waals surface area contributed by atoms with Gasteiger partial charge < -0.3 is 9.84 Å². The van der Waals surface area contributed by atoms with Crippen molar-refractivity contribution in [2.24, 2.45) is 0 Å². The summed E-state index contributed by atoms with van der Waals surface area (Å²) in [6, 6.07) is 7.68. The first-order valence-corrected chi connectivity index (χ1v) is 5.40. The highest BCUT2D eigenvalue weighted by Crippen LogP contribution is 2.19. The van der Waals surface area contributed by atoms with Crippen molar-refractivity contribution in [3.63, 3.8) is 0 Å². The van der Waals surface area contributed by atoms with Crippen LogP contribution < -0.4 is 0 Å². The molecule has 90 valence electrons. The van der Waals surface area contributed by atoms with Gasteiger partial charge in [-0.05, 0) is 29.7 Å². The van der Waals surface area contributed by atoms with Crippen molar-refractivity contribution in [1.29, 1.82) is 0 Å². The maximum absolute atomic E-state index is 9.58. The van der Waals surface area contributed by atoms with Crippen molar-refractivity contribution >= 4 is 5.57 Å². The fourth-order valence-electron chi connectivity index (χ4n) is 1.46. The molecule has 1 unspecified atom stereocenters. The van der Waals surface area contributed by atoms with Crippen LogP contribution in [-0.2, 0) is 4.74 Å². The summed E-state index contributed by atoms with van der Waals surface area (Å²) in [5.74, 6) is 0.623. The van der Waals surface area contributed by atoms with E-state index in [4.69, 9.17) is 4.74 Å². The van der Waals surface area contributed by atoms with Crippen LogP contribution in [0.5, 0.6) is 0 Å². The number of hydrogen-bond donors (Lipinski definition) is 1. The summed E-state index contributed by atoms with van der Waals surface area (Å²) in [6.45, 7) is 9.29. The van der Waals surface area contributed by atoms with Crippen LogP contribution in [0.25, 0.3) is 5.57 Å². The van der Waals surface area contributed by atoms with Gasteiger partial charge in [-0.25, -0.2) is 0 Å². The molecule has 0 aliphatic rings. The summed E-state index contributed by atoms with van der Waals surface area (Å²) < 4.78 is 5.00. The van der Waals surface area contributed by atoms with Gasteiger partial charge in [0.2, 0.25) is 0 Å². The standard InChI is InChI=1S/C15H18O2/c1-5-15(16)14-8-6-13(7-9-14)11(2)10-12(3)17-4/h5-10,15-16H,1,3H2,2,4H3. The summed E-state index contributed by atoms with van der Waals surface area (Å²) in [6.07, 6.45) is 2.77. The fourth-order valence-corrected chi connectivity index (χ4v) is 1.46. The molecule has 0 aromatic heterocycles. The molecule has 0 aliphatic heterocycles. The van der Waals surface area contributed by atoms with E-state index in [0.717, 1.165) is 16.7 Å². The van der Waals surface area contributed by atoms with E-state index in [9.17, 15) is 5.11 Å². The second-order valence-electron chi connectivity index (χ2n) is 3.80. The van der Waals surface area contributed by atoms with Crippen molar-refractivity contribution in [2.45, 2.75) is 13.0 Å². The van der Waals surface area contributed by atoms with E-state index in [-0.39, 0.29) is 0 Å². The number of benzene rings is 1.